The molecule has 0 heterocycles. The zero-order chi connectivity index (χ0) is 23.9. The van der Waals surface area contributed by atoms with Gasteiger partial charge in [0.25, 0.3) is 0 Å². The molecule has 0 unspecified atom stereocenters. The van der Waals surface area contributed by atoms with Gasteiger partial charge in [-0.05, 0) is 88.6 Å². The number of rotatable bonds is 14. The summed E-state index contributed by atoms with van der Waals surface area (Å²) in [6.07, 6.45) is 3.08. The zero-order valence-electron chi connectivity index (χ0n) is 20.7. The Kier molecular flexibility index (Phi) is 11.0. The molecule has 1 aromatic rings. The first-order valence-electron chi connectivity index (χ1n) is 11.1. The summed E-state index contributed by atoms with van der Waals surface area (Å²) in [6.45, 7) is 19.0. The van der Waals surface area contributed by atoms with Crippen molar-refractivity contribution in [1.82, 2.24) is 0 Å². The molecule has 0 aliphatic carbocycles. The van der Waals surface area contributed by atoms with Crippen LogP contribution in [0.1, 0.15) is 25.3 Å². The molecule has 1 aromatic carbocycles. The van der Waals surface area contributed by atoms with E-state index < -0.39 is 39.8 Å². The van der Waals surface area contributed by atoms with E-state index in [0.29, 0.717) is 16.2 Å². The Morgan fingerprint density at radius 1 is 0.903 bits per heavy atom. The molecule has 31 heavy (non-hydrogen) atoms. The number of hydrogen-bond acceptors (Lipinski definition) is 5. The van der Waals surface area contributed by atoms with Gasteiger partial charge in [0.05, 0.1) is 0 Å². The summed E-state index contributed by atoms with van der Waals surface area (Å²) in [5.41, 5.74) is 0.867. The lowest BCUT2D eigenvalue weighted by Gasteiger charge is -2.40. The van der Waals surface area contributed by atoms with E-state index in [-0.39, 0.29) is 5.75 Å². The maximum atomic E-state index is 13.6. The number of halogens is 1. The molecule has 0 amide bonds. The van der Waals surface area contributed by atoms with Gasteiger partial charge >= 0.3 is 25.7 Å². The molecule has 0 saturated heterocycles. The fourth-order valence-electron chi connectivity index (χ4n) is 3.59. The second-order valence-electron chi connectivity index (χ2n) is 9.90. The third kappa shape index (κ3) is 12.1. The predicted octanol–water partition coefficient (Wildman–Crippen LogP) is 6.29. The van der Waals surface area contributed by atoms with Gasteiger partial charge in [0.15, 0.2) is 19.9 Å². The lowest BCUT2D eigenvalue weighted by molar-refractivity contribution is 0.302. The van der Waals surface area contributed by atoms with Crippen molar-refractivity contribution in [2.24, 2.45) is 0 Å². The summed E-state index contributed by atoms with van der Waals surface area (Å²) in [5.74, 6) is -0.892. The van der Waals surface area contributed by atoms with Gasteiger partial charge in [0, 0.05) is 0 Å². The van der Waals surface area contributed by atoms with Crippen LogP contribution in [0.4, 0.5) is 4.39 Å². The largest absolute Gasteiger partial charge is 0.505 e. The summed E-state index contributed by atoms with van der Waals surface area (Å²) < 4.78 is 39.3. The normalized spacial score (nSPS) is 13.6. The van der Waals surface area contributed by atoms with Crippen LogP contribution in [0.5, 0.6) is 5.75 Å². The minimum absolute atomic E-state index is 0.313. The molecule has 178 valence electrons. The molecule has 0 bridgehead atoms. The highest BCUT2D eigenvalue weighted by molar-refractivity contribution is 6.89. The summed E-state index contributed by atoms with van der Waals surface area (Å²) >= 11 is 0. The van der Waals surface area contributed by atoms with Crippen molar-refractivity contribution in [1.29, 1.82) is 0 Å². The number of phenols is 1. The van der Waals surface area contributed by atoms with E-state index in [9.17, 15) is 9.50 Å². The van der Waals surface area contributed by atoms with Crippen molar-refractivity contribution in [2.45, 2.75) is 90.7 Å². The maximum absolute atomic E-state index is 13.6. The first-order chi connectivity index (χ1) is 14.1. The van der Waals surface area contributed by atoms with Gasteiger partial charge in [0.2, 0.25) is 9.76 Å². The van der Waals surface area contributed by atoms with Crippen LogP contribution in [0.25, 0.3) is 0 Å². The van der Waals surface area contributed by atoms with Crippen molar-refractivity contribution in [3.8, 4) is 5.75 Å². The second kappa shape index (κ2) is 11.8. The number of benzene rings is 1. The minimum Gasteiger partial charge on any atom is -0.505 e. The Labute approximate surface area is 195 Å². The Bertz CT molecular complexity index is 701. The third-order valence-corrected chi connectivity index (χ3v) is 21.1. The lowest BCUT2D eigenvalue weighted by atomic mass is 10.1. The molecule has 1 N–H and O–H groups in total. The van der Waals surface area contributed by atoms with Crippen LogP contribution < -0.4 is 0 Å². The van der Waals surface area contributed by atoms with Gasteiger partial charge in [-0.15, -0.1) is 0 Å². The Morgan fingerprint density at radius 3 is 2.06 bits per heavy atom. The molecule has 0 atom stereocenters. The van der Waals surface area contributed by atoms with Crippen molar-refractivity contribution >= 4 is 43.8 Å². The lowest BCUT2D eigenvalue weighted by Crippen LogP contribution is -2.57. The fraction of sp³-hybridized carbons (Fsp3) is 0.700. The fourth-order valence-corrected chi connectivity index (χ4v) is 23.6. The average molecular weight is 521 g/mol. The molecule has 0 aromatic heterocycles. The van der Waals surface area contributed by atoms with E-state index >= 15 is 0 Å². The van der Waals surface area contributed by atoms with Gasteiger partial charge in [-0.1, -0.05) is 25.8 Å². The Balaban J connectivity index is 2.64. The van der Waals surface area contributed by atoms with Crippen LogP contribution in [0.2, 0.25) is 64.5 Å². The highest BCUT2D eigenvalue weighted by atomic mass is 28.5. The summed E-state index contributed by atoms with van der Waals surface area (Å²) in [7, 11) is -8.64. The molecule has 0 saturated carbocycles. The second-order valence-corrected chi connectivity index (χ2v) is 26.4. The maximum Gasteiger partial charge on any atom is 0.314 e. The van der Waals surface area contributed by atoms with E-state index in [4.69, 9.17) is 16.5 Å². The molecule has 0 aliphatic heterocycles. The van der Waals surface area contributed by atoms with Gasteiger partial charge in [-0.25, -0.2) is 4.39 Å². The Morgan fingerprint density at radius 2 is 1.48 bits per heavy atom. The smallest absolute Gasteiger partial charge is 0.314 e. The number of hydrogen-bond donors (Lipinski definition) is 1. The minimum atomic E-state index is -2.42. The molecule has 0 spiro atoms. The molecule has 1 rings (SSSR count). The first kappa shape index (κ1) is 28.9. The van der Waals surface area contributed by atoms with Crippen molar-refractivity contribution in [3.63, 3.8) is 0 Å². The standard InChI is InChI=1S/C20H41FO5Si5/c1-10-11-15-27-23-29(4,5)25-31(8,9)26-30(6,7)24-28(2,3)16-14-18-12-13-20(22)19(21)17-18/h12-13,17,22H,10-11,14-16H2,1-9H3. The van der Waals surface area contributed by atoms with E-state index in [1.807, 2.05) is 0 Å². The topological polar surface area (TPSA) is 57.2 Å². The van der Waals surface area contributed by atoms with Crippen LogP contribution in [0.3, 0.4) is 0 Å². The Hall–Kier alpha value is -0.126. The molecular formula is C20H41FO5Si5. The van der Waals surface area contributed by atoms with Crippen LogP contribution in [0.15, 0.2) is 18.2 Å². The molecule has 2 radical (unpaired) electrons. The third-order valence-electron chi connectivity index (χ3n) is 4.48. The molecular weight excluding hydrogens is 480 g/mol. The van der Waals surface area contributed by atoms with Crippen LogP contribution in [-0.2, 0) is 22.9 Å². The van der Waals surface area contributed by atoms with E-state index in [1.54, 1.807) is 6.07 Å². The number of unbranched alkanes of at least 4 members (excludes halogenated alkanes) is 1. The quantitative estimate of drug-likeness (QED) is 0.231. The van der Waals surface area contributed by atoms with Crippen molar-refractivity contribution in [3.05, 3.63) is 29.6 Å². The van der Waals surface area contributed by atoms with Gasteiger partial charge in [-0.2, -0.15) is 0 Å². The van der Waals surface area contributed by atoms with E-state index in [2.05, 4.69) is 59.3 Å². The predicted molar refractivity (Wildman–Crippen MR) is 136 cm³/mol. The van der Waals surface area contributed by atoms with E-state index in [1.165, 1.54) is 25.0 Å². The summed E-state index contributed by atoms with van der Waals surface area (Å²) in [4.78, 5) is 0. The van der Waals surface area contributed by atoms with Gasteiger partial charge in [-0.3, -0.25) is 0 Å². The monoisotopic (exact) mass is 520 g/mol. The number of aromatic hydroxyl groups is 1. The molecule has 11 heteroatoms. The van der Waals surface area contributed by atoms with Gasteiger partial charge in [0.1, 0.15) is 0 Å². The van der Waals surface area contributed by atoms with Crippen molar-refractivity contribution in [2.75, 3.05) is 0 Å². The molecule has 0 aliphatic rings. The van der Waals surface area contributed by atoms with Crippen LogP contribution >= 0.6 is 0 Å². The van der Waals surface area contributed by atoms with Crippen LogP contribution in [-0.4, -0.2) is 48.9 Å². The first-order valence-corrected chi connectivity index (χ1v) is 23.7. The van der Waals surface area contributed by atoms with Crippen LogP contribution in [0, 0.1) is 5.82 Å². The number of aryl methyl sites for hydroxylation is 1. The summed E-state index contributed by atoms with van der Waals surface area (Å²) in [6, 6.07) is 6.51. The average Bonchev–Trinajstić information content (AvgIpc) is 2.56. The zero-order valence-corrected chi connectivity index (χ0v) is 25.7. The number of phenolic OH excluding ortho intramolecular Hbond substituents is 1. The van der Waals surface area contributed by atoms with Crippen molar-refractivity contribution < 1.29 is 26.0 Å². The SMILES string of the molecule is CCCC[Si]O[Si](C)(C)O[Si](C)(C)O[Si](C)(C)O[Si](C)(C)CCc1ccc(O)c(F)c1. The molecule has 0 fully saturated rings. The highest BCUT2D eigenvalue weighted by Gasteiger charge is 2.43. The highest BCUT2D eigenvalue weighted by Crippen LogP contribution is 2.27. The summed E-state index contributed by atoms with van der Waals surface area (Å²) in [5, 5.41) is 9.37. The van der Waals surface area contributed by atoms with Gasteiger partial charge < -0.3 is 21.6 Å². The molecule has 5 nitrogen and oxygen atoms in total. The van der Waals surface area contributed by atoms with E-state index in [0.717, 1.165) is 17.7 Å².